The Morgan fingerprint density at radius 2 is 2.36 bits per heavy atom. The van der Waals surface area contributed by atoms with E-state index in [4.69, 9.17) is 23.2 Å². The Morgan fingerprint density at radius 3 is 3.18 bits per heavy atom. The third-order valence-corrected chi connectivity index (χ3v) is 1.86. The van der Waals surface area contributed by atoms with Crippen molar-refractivity contribution in [3.05, 3.63) is 11.8 Å². The first kappa shape index (κ1) is 6.94. The molecule has 0 bridgehead atoms. The van der Waals surface area contributed by atoms with Gasteiger partial charge in [0, 0.05) is 0 Å². The normalized spacial score (nSPS) is 22.0. The molecule has 0 aromatic carbocycles. The van der Waals surface area contributed by atoms with Gasteiger partial charge in [-0.25, -0.2) is 4.99 Å². The molecule has 0 radical (unpaired) electrons. The minimum absolute atomic E-state index is 0.382. The minimum atomic E-state index is -0.504. The summed E-state index contributed by atoms with van der Waals surface area (Å²) >= 11 is 11.4. The van der Waals surface area contributed by atoms with Crippen molar-refractivity contribution >= 4 is 34.2 Å². The molecule has 2 rings (SSSR count). The van der Waals surface area contributed by atoms with Gasteiger partial charge in [-0.3, -0.25) is 5.10 Å². The highest BCUT2D eigenvalue weighted by Crippen LogP contribution is 2.22. The van der Waals surface area contributed by atoms with Gasteiger partial charge in [-0.1, -0.05) is 23.2 Å². The van der Waals surface area contributed by atoms with E-state index in [0.717, 1.165) is 5.56 Å². The number of fused-ring (bicyclic) bond motifs is 1. The third kappa shape index (κ3) is 1.08. The number of anilines is 1. The first-order valence-electron chi connectivity index (χ1n) is 2.95. The van der Waals surface area contributed by atoms with Crippen LogP contribution in [0.1, 0.15) is 5.56 Å². The molecular formula is C5H4Cl2N4. The SMILES string of the molecule is ClC1=NC(Cl)Nc2[nH]ncc21. The van der Waals surface area contributed by atoms with Gasteiger partial charge in [0.25, 0.3) is 0 Å². The summed E-state index contributed by atoms with van der Waals surface area (Å²) in [6, 6.07) is 0. The van der Waals surface area contributed by atoms with Crippen LogP contribution in [0, 0.1) is 0 Å². The molecule has 0 spiro atoms. The van der Waals surface area contributed by atoms with Gasteiger partial charge >= 0.3 is 0 Å². The smallest absolute Gasteiger partial charge is 0.198 e. The largest absolute Gasteiger partial charge is 0.336 e. The van der Waals surface area contributed by atoms with E-state index in [2.05, 4.69) is 20.5 Å². The number of hydrogen-bond donors (Lipinski definition) is 2. The molecule has 58 valence electrons. The monoisotopic (exact) mass is 190 g/mol. The standard InChI is InChI=1S/C5H4Cl2N4/c6-3-2-1-8-11-4(2)10-5(7)9-3/h1,5H,(H2,8,10,11). The fourth-order valence-corrected chi connectivity index (χ4v) is 1.37. The average Bonchev–Trinajstić information content (AvgIpc) is 2.34. The maximum atomic E-state index is 5.75. The van der Waals surface area contributed by atoms with Gasteiger partial charge in [-0.15, -0.1) is 0 Å². The van der Waals surface area contributed by atoms with Gasteiger partial charge < -0.3 is 5.32 Å². The van der Waals surface area contributed by atoms with Gasteiger partial charge in [0.1, 0.15) is 11.0 Å². The molecular weight excluding hydrogens is 187 g/mol. The highest BCUT2D eigenvalue weighted by molar-refractivity contribution is 6.70. The fraction of sp³-hybridized carbons (Fsp3) is 0.200. The van der Waals surface area contributed by atoms with Crippen molar-refractivity contribution in [1.29, 1.82) is 0 Å². The van der Waals surface area contributed by atoms with Crippen LogP contribution in [-0.4, -0.2) is 21.0 Å². The molecule has 0 aliphatic carbocycles. The van der Waals surface area contributed by atoms with Crippen molar-refractivity contribution in [3.8, 4) is 0 Å². The predicted octanol–water partition coefficient (Wildman–Crippen LogP) is 1.34. The van der Waals surface area contributed by atoms with Crippen molar-refractivity contribution in [1.82, 2.24) is 10.2 Å². The number of aromatic nitrogens is 2. The molecule has 1 unspecified atom stereocenters. The van der Waals surface area contributed by atoms with E-state index in [-0.39, 0.29) is 0 Å². The lowest BCUT2D eigenvalue weighted by molar-refractivity contribution is 0.995. The Hall–Kier alpha value is -0.740. The maximum Gasteiger partial charge on any atom is 0.198 e. The Bertz CT molecular complexity index is 305. The molecule has 1 atom stereocenters. The molecule has 0 saturated carbocycles. The lowest BCUT2D eigenvalue weighted by Crippen LogP contribution is -2.17. The predicted molar refractivity (Wildman–Crippen MR) is 44.2 cm³/mol. The number of aliphatic imine (C=N–C) groups is 1. The van der Waals surface area contributed by atoms with Crippen LogP contribution in [0.3, 0.4) is 0 Å². The van der Waals surface area contributed by atoms with Crippen molar-refractivity contribution < 1.29 is 0 Å². The molecule has 1 aliphatic heterocycles. The van der Waals surface area contributed by atoms with Gasteiger partial charge in [0.2, 0.25) is 0 Å². The summed E-state index contributed by atoms with van der Waals surface area (Å²) < 4.78 is 0. The molecule has 1 aliphatic rings. The van der Waals surface area contributed by atoms with Crippen molar-refractivity contribution in [3.63, 3.8) is 0 Å². The third-order valence-electron chi connectivity index (χ3n) is 1.35. The molecule has 2 heterocycles. The second-order valence-electron chi connectivity index (χ2n) is 2.06. The Morgan fingerprint density at radius 1 is 1.55 bits per heavy atom. The average molecular weight is 191 g/mol. The summed E-state index contributed by atoms with van der Waals surface area (Å²) in [7, 11) is 0. The summed E-state index contributed by atoms with van der Waals surface area (Å²) in [5.41, 5.74) is 0.249. The van der Waals surface area contributed by atoms with Crippen LogP contribution in [-0.2, 0) is 0 Å². The number of nitrogens with one attached hydrogen (secondary N) is 2. The van der Waals surface area contributed by atoms with Crippen LogP contribution >= 0.6 is 23.2 Å². The van der Waals surface area contributed by atoms with E-state index in [1.165, 1.54) is 0 Å². The number of H-pyrrole nitrogens is 1. The van der Waals surface area contributed by atoms with E-state index >= 15 is 0 Å². The number of rotatable bonds is 0. The Balaban J connectivity index is 2.50. The van der Waals surface area contributed by atoms with E-state index in [1.54, 1.807) is 6.20 Å². The molecule has 4 nitrogen and oxygen atoms in total. The Kier molecular flexibility index (Phi) is 1.51. The highest BCUT2D eigenvalue weighted by Gasteiger charge is 2.18. The van der Waals surface area contributed by atoms with Gasteiger partial charge in [-0.2, -0.15) is 5.10 Å². The fourth-order valence-electron chi connectivity index (χ4n) is 0.873. The quantitative estimate of drug-likeness (QED) is 0.480. The summed E-state index contributed by atoms with van der Waals surface area (Å²) in [6.07, 6.45) is 1.59. The zero-order chi connectivity index (χ0) is 7.84. The van der Waals surface area contributed by atoms with Crippen molar-refractivity contribution in [2.75, 3.05) is 5.32 Å². The number of nitrogens with zero attached hydrogens (tertiary/aromatic N) is 2. The number of halogens is 2. The lowest BCUT2D eigenvalue weighted by atomic mass is 10.3. The number of hydrogen-bond acceptors (Lipinski definition) is 3. The lowest BCUT2D eigenvalue weighted by Gasteiger charge is -2.13. The zero-order valence-electron chi connectivity index (χ0n) is 5.31. The molecule has 0 saturated heterocycles. The Labute approximate surface area is 72.6 Å². The van der Waals surface area contributed by atoms with Crippen LogP contribution in [0.5, 0.6) is 0 Å². The van der Waals surface area contributed by atoms with Crippen LogP contribution in [0.4, 0.5) is 5.82 Å². The van der Waals surface area contributed by atoms with Gasteiger partial charge in [-0.05, 0) is 0 Å². The topological polar surface area (TPSA) is 53.1 Å². The van der Waals surface area contributed by atoms with Crippen LogP contribution in [0.25, 0.3) is 0 Å². The number of aromatic amines is 1. The van der Waals surface area contributed by atoms with Crippen molar-refractivity contribution in [2.45, 2.75) is 5.62 Å². The molecule has 1 aromatic heterocycles. The van der Waals surface area contributed by atoms with Crippen molar-refractivity contribution in [2.24, 2.45) is 4.99 Å². The van der Waals surface area contributed by atoms with Crippen LogP contribution in [0.2, 0.25) is 0 Å². The zero-order valence-corrected chi connectivity index (χ0v) is 6.82. The second kappa shape index (κ2) is 2.39. The first-order valence-corrected chi connectivity index (χ1v) is 3.76. The summed E-state index contributed by atoms with van der Waals surface area (Å²) in [4.78, 5) is 3.87. The molecule has 2 N–H and O–H groups in total. The van der Waals surface area contributed by atoms with Gasteiger partial charge in [0.05, 0.1) is 11.8 Å². The maximum absolute atomic E-state index is 5.75. The van der Waals surface area contributed by atoms with E-state index < -0.39 is 5.62 Å². The molecule has 0 fully saturated rings. The highest BCUT2D eigenvalue weighted by atomic mass is 35.5. The second-order valence-corrected chi connectivity index (χ2v) is 2.83. The molecule has 6 heteroatoms. The van der Waals surface area contributed by atoms with E-state index in [1.807, 2.05) is 0 Å². The minimum Gasteiger partial charge on any atom is -0.336 e. The van der Waals surface area contributed by atoms with Crippen LogP contribution in [0.15, 0.2) is 11.2 Å². The number of alkyl halides is 1. The van der Waals surface area contributed by atoms with E-state index in [0.29, 0.717) is 11.0 Å². The summed E-state index contributed by atoms with van der Waals surface area (Å²) in [6.45, 7) is 0. The summed E-state index contributed by atoms with van der Waals surface area (Å²) in [5, 5.41) is 9.71. The molecule has 1 aromatic rings. The van der Waals surface area contributed by atoms with Gasteiger partial charge in [0.15, 0.2) is 5.62 Å². The summed E-state index contributed by atoms with van der Waals surface area (Å²) in [5.74, 6) is 0.713. The van der Waals surface area contributed by atoms with Crippen LogP contribution < -0.4 is 5.32 Å². The molecule has 0 amide bonds. The molecule has 11 heavy (non-hydrogen) atoms. The van der Waals surface area contributed by atoms with E-state index in [9.17, 15) is 0 Å². The first-order chi connectivity index (χ1) is 5.27.